The van der Waals surface area contributed by atoms with Gasteiger partial charge in [0.15, 0.2) is 9.84 Å². The van der Waals surface area contributed by atoms with Crippen LogP contribution in [-0.4, -0.2) is 62.9 Å². The Bertz CT molecular complexity index is 785. The van der Waals surface area contributed by atoms with Crippen LogP contribution in [0.1, 0.15) is 29.6 Å². The lowest BCUT2D eigenvalue weighted by Gasteiger charge is -2.32. The van der Waals surface area contributed by atoms with Crippen LogP contribution in [-0.2, 0) is 14.6 Å². The maximum absolute atomic E-state index is 12.7. The number of carbonyl (C=O) groups is 2. The van der Waals surface area contributed by atoms with Gasteiger partial charge >= 0.3 is 0 Å². The average molecular weight is 380 g/mol. The molecule has 1 aromatic carbocycles. The number of methoxy groups -OCH3 is 1. The third-order valence-electron chi connectivity index (χ3n) is 5.07. The van der Waals surface area contributed by atoms with E-state index in [-0.39, 0.29) is 35.3 Å². The largest absolute Gasteiger partial charge is 0.496 e. The van der Waals surface area contributed by atoms with Gasteiger partial charge in [-0.1, -0.05) is 12.1 Å². The van der Waals surface area contributed by atoms with Gasteiger partial charge in [-0.25, -0.2) is 8.42 Å². The molecule has 0 bridgehead atoms. The van der Waals surface area contributed by atoms with Gasteiger partial charge in [-0.15, -0.1) is 0 Å². The normalized spacial score (nSPS) is 22.8. The van der Waals surface area contributed by atoms with Gasteiger partial charge in [0.2, 0.25) is 5.91 Å². The smallest absolute Gasteiger partial charge is 0.257 e. The summed E-state index contributed by atoms with van der Waals surface area (Å²) in [5, 5.41) is 2.86. The zero-order valence-electron chi connectivity index (χ0n) is 14.8. The molecule has 1 atom stereocenters. The predicted octanol–water partition coefficient (Wildman–Crippen LogP) is 0.851. The number of piperidine rings is 1. The molecule has 1 N–H and O–H groups in total. The number of likely N-dealkylation sites (tertiary alicyclic amines) is 1. The van der Waals surface area contributed by atoms with E-state index in [1.165, 1.54) is 7.11 Å². The van der Waals surface area contributed by atoms with Crippen LogP contribution in [0.2, 0.25) is 0 Å². The lowest BCUT2D eigenvalue weighted by molar-refractivity contribution is -0.126. The summed E-state index contributed by atoms with van der Waals surface area (Å²) in [7, 11) is -1.47. The molecule has 2 aliphatic rings. The Hall–Kier alpha value is -2.09. The fourth-order valence-corrected chi connectivity index (χ4v) is 5.24. The van der Waals surface area contributed by atoms with E-state index in [0.29, 0.717) is 43.7 Å². The van der Waals surface area contributed by atoms with Crippen molar-refractivity contribution in [1.29, 1.82) is 0 Å². The summed E-state index contributed by atoms with van der Waals surface area (Å²) in [6, 6.07) is 6.82. The van der Waals surface area contributed by atoms with Crippen molar-refractivity contribution < 1.29 is 22.7 Å². The number of hydrogen-bond donors (Lipinski definition) is 1. The van der Waals surface area contributed by atoms with E-state index in [1.807, 2.05) is 6.07 Å². The second kappa shape index (κ2) is 7.65. The molecule has 2 aliphatic heterocycles. The van der Waals surface area contributed by atoms with Gasteiger partial charge in [-0.3, -0.25) is 9.59 Å². The minimum atomic E-state index is -3.01. The Balaban J connectivity index is 1.54. The van der Waals surface area contributed by atoms with Crippen molar-refractivity contribution in [3.05, 3.63) is 29.8 Å². The van der Waals surface area contributed by atoms with Crippen molar-refractivity contribution in [2.45, 2.75) is 25.3 Å². The monoisotopic (exact) mass is 380 g/mol. The van der Waals surface area contributed by atoms with E-state index in [2.05, 4.69) is 5.32 Å². The van der Waals surface area contributed by atoms with Gasteiger partial charge in [0, 0.05) is 25.0 Å². The topological polar surface area (TPSA) is 92.8 Å². The first kappa shape index (κ1) is 18.7. The first-order valence-corrected chi connectivity index (χ1v) is 10.6. The highest BCUT2D eigenvalue weighted by molar-refractivity contribution is 7.91. The Morgan fingerprint density at radius 3 is 2.46 bits per heavy atom. The van der Waals surface area contributed by atoms with E-state index in [9.17, 15) is 18.0 Å². The molecule has 142 valence electrons. The zero-order valence-corrected chi connectivity index (χ0v) is 15.6. The number of amides is 2. The van der Waals surface area contributed by atoms with Gasteiger partial charge in [0.05, 0.1) is 24.2 Å². The molecule has 2 heterocycles. The van der Waals surface area contributed by atoms with Crippen molar-refractivity contribution in [1.82, 2.24) is 10.2 Å². The van der Waals surface area contributed by atoms with E-state index in [1.54, 1.807) is 23.1 Å². The molecule has 8 heteroatoms. The molecular formula is C18H24N2O5S. The van der Waals surface area contributed by atoms with Crippen LogP contribution in [0.25, 0.3) is 0 Å². The fourth-order valence-electron chi connectivity index (χ4n) is 3.56. The highest BCUT2D eigenvalue weighted by Crippen LogP contribution is 2.24. The molecule has 26 heavy (non-hydrogen) atoms. The van der Waals surface area contributed by atoms with Crippen molar-refractivity contribution in [2.75, 3.05) is 31.7 Å². The standard InChI is InChI=1S/C18H24N2O5S/c1-25-16-5-3-2-4-15(16)18(22)20-9-6-13(7-10-20)17(21)19-14-8-11-26(23,24)12-14/h2-5,13-14H,6-12H2,1H3,(H,19,21). The van der Waals surface area contributed by atoms with Gasteiger partial charge in [-0.05, 0) is 31.4 Å². The first-order chi connectivity index (χ1) is 12.4. The van der Waals surface area contributed by atoms with Crippen molar-refractivity contribution in [2.24, 2.45) is 5.92 Å². The minimum absolute atomic E-state index is 0.0316. The lowest BCUT2D eigenvalue weighted by Crippen LogP contribution is -2.45. The van der Waals surface area contributed by atoms with Crippen LogP contribution < -0.4 is 10.1 Å². The number of nitrogens with zero attached hydrogens (tertiary/aromatic N) is 1. The summed E-state index contributed by atoms with van der Waals surface area (Å²) in [5.74, 6) is 0.340. The van der Waals surface area contributed by atoms with Crippen LogP contribution in [0.5, 0.6) is 5.75 Å². The first-order valence-electron chi connectivity index (χ1n) is 8.83. The second-order valence-electron chi connectivity index (χ2n) is 6.88. The molecule has 0 radical (unpaired) electrons. The molecule has 1 aromatic rings. The molecule has 7 nitrogen and oxygen atoms in total. The fraction of sp³-hybridized carbons (Fsp3) is 0.556. The van der Waals surface area contributed by atoms with Crippen LogP contribution in [0.3, 0.4) is 0 Å². The third-order valence-corrected chi connectivity index (χ3v) is 6.84. The molecule has 0 aromatic heterocycles. The number of ether oxygens (including phenoxy) is 1. The van der Waals surface area contributed by atoms with E-state index < -0.39 is 9.84 Å². The molecule has 0 spiro atoms. The number of hydrogen-bond acceptors (Lipinski definition) is 5. The molecule has 0 aliphatic carbocycles. The van der Waals surface area contributed by atoms with E-state index in [4.69, 9.17) is 4.74 Å². The molecule has 3 rings (SSSR count). The second-order valence-corrected chi connectivity index (χ2v) is 9.10. The van der Waals surface area contributed by atoms with Crippen LogP contribution in [0.4, 0.5) is 0 Å². The maximum Gasteiger partial charge on any atom is 0.257 e. The summed E-state index contributed by atoms with van der Waals surface area (Å²) in [6.07, 6.45) is 1.64. The van der Waals surface area contributed by atoms with Crippen molar-refractivity contribution in [3.63, 3.8) is 0 Å². The number of rotatable bonds is 4. The van der Waals surface area contributed by atoms with Gasteiger partial charge in [0.25, 0.3) is 5.91 Å². The predicted molar refractivity (Wildman–Crippen MR) is 96.8 cm³/mol. The molecule has 2 amide bonds. The Kier molecular flexibility index (Phi) is 5.50. The number of para-hydroxylation sites is 1. The molecule has 1 unspecified atom stereocenters. The maximum atomic E-state index is 12.7. The molecule has 2 fully saturated rings. The quantitative estimate of drug-likeness (QED) is 0.836. The number of sulfone groups is 1. The summed E-state index contributed by atoms with van der Waals surface area (Å²) in [6.45, 7) is 0.996. The van der Waals surface area contributed by atoms with Crippen molar-refractivity contribution in [3.8, 4) is 5.75 Å². The highest BCUT2D eigenvalue weighted by Gasteiger charge is 2.33. The minimum Gasteiger partial charge on any atom is -0.496 e. The average Bonchev–Trinajstić information content (AvgIpc) is 2.99. The lowest BCUT2D eigenvalue weighted by atomic mass is 9.95. The highest BCUT2D eigenvalue weighted by atomic mass is 32.2. The van der Waals surface area contributed by atoms with Gasteiger partial charge < -0.3 is 15.0 Å². The summed E-state index contributed by atoms with van der Waals surface area (Å²) in [4.78, 5) is 26.8. The van der Waals surface area contributed by atoms with E-state index in [0.717, 1.165) is 0 Å². The summed E-state index contributed by atoms with van der Waals surface area (Å²) < 4.78 is 28.2. The van der Waals surface area contributed by atoms with Crippen LogP contribution >= 0.6 is 0 Å². The molecule has 2 saturated heterocycles. The molecular weight excluding hydrogens is 356 g/mol. The number of carbonyl (C=O) groups excluding carboxylic acids is 2. The van der Waals surface area contributed by atoms with Gasteiger partial charge in [-0.2, -0.15) is 0 Å². The van der Waals surface area contributed by atoms with E-state index >= 15 is 0 Å². The Labute approximate surface area is 153 Å². The SMILES string of the molecule is COc1ccccc1C(=O)N1CCC(C(=O)NC2CCS(=O)(=O)C2)CC1. The number of benzene rings is 1. The zero-order chi connectivity index (χ0) is 18.7. The van der Waals surface area contributed by atoms with Crippen LogP contribution in [0.15, 0.2) is 24.3 Å². The molecule has 0 saturated carbocycles. The number of nitrogens with one attached hydrogen (secondary N) is 1. The third kappa shape index (κ3) is 4.17. The Morgan fingerprint density at radius 1 is 1.15 bits per heavy atom. The summed E-state index contributed by atoms with van der Waals surface area (Å²) >= 11 is 0. The van der Waals surface area contributed by atoms with Crippen molar-refractivity contribution >= 4 is 21.7 Å². The van der Waals surface area contributed by atoms with Gasteiger partial charge in [0.1, 0.15) is 5.75 Å². The Morgan fingerprint density at radius 2 is 1.85 bits per heavy atom. The van der Waals surface area contributed by atoms with Crippen LogP contribution in [0, 0.1) is 5.92 Å². The summed E-state index contributed by atoms with van der Waals surface area (Å²) in [5.41, 5.74) is 0.522.